The summed E-state index contributed by atoms with van der Waals surface area (Å²) in [6, 6.07) is 4.65. The molecule has 54 heavy (non-hydrogen) atoms. The number of benzene rings is 1. The van der Waals surface area contributed by atoms with Crippen molar-refractivity contribution in [2.24, 2.45) is 5.92 Å². The SMILES string of the molecule is CCCCCCCCCCCCCCC(CCCCCCCCCCCCCC)CNC(=O)c1cc(CS[C@@H]2O[C@@H](C)[C@@H](O)[C@@H](O)[C@@H]2O)cc(C(=O)O)c1. The van der Waals surface area contributed by atoms with Crippen LogP contribution in [-0.4, -0.2) is 68.7 Å². The topological polar surface area (TPSA) is 136 Å². The molecule has 1 aromatic rings. The van der Waals surface area contributed by atoms with E-state index in [1.54, 1.807) is 13.0 Å². The van der Waals surface area contributed by atoms with Gasteiger partial charge in [0.25, 0.3) is 5.91 Å². The van der Waals surface area contributed by atoms with Gasteiger partial charge in [0, 0.05) is 17.9 Å². The molecule has 8 nitrogen and oxygen atoms in total. The number of aliphatic hydroxyl groups excluding tert-OH is 3. The molecule has 1 fully saturated rings. The number of carbonyl (C=O) groups excluding carboxylic acids is 1. The van der Waals surface area contributed by atoms with E-state index < -0.39 is 35.8 Å². The first kappa shape index (κ1) is 48.5. The molecule has 5 N–H and O–H groups in total. The number of amides is 1. The highest BCUT2D eigenvalue weighted by atomic mass is 32.2. The molecule has 2 rings (SSSR count). The first-order valence-electron chi connectivity index (χ1n) is 22.1. The van der Waals surface area contributed by atoms with Crippen LogP contribution in [0.15, 0.2) is 18.2 Å². The highest BCUT2D eigenvalue weighted by Gasteiger charge is 2.41. The number of hydrogen-bond donors (Lipinski definition) is 5. The third-order valence-corrected chi connectivity index (χ3v) is 12.4. The standard InChI is InChI=1S/C45H79NO7S/c1-4-6-8-10-12-14-16-18-20-22-24-26-28-36(29-27-25-23-21-19-17-15-13-11-9-7-5-2)33-46-43(50)38-30-37(31-39(32-38)44(51)52)34-54-45-42(49)41(48)40(47)35(3)53-45/h30-32,35-36,40-42,45,47-49H,4-29,33-34H2,1-3H3,(H,46,50)(H,51,52)/t35-,40+,41+,42-,45-/m0/s1. The third kappa shape index (κ3) is 21.0. The van der Waals surface area contributed by atoms with Crippen molar-refractivity contribution in [3.8, 4) is 0 Å². The zero-order valence-electron chi connectivity index (χ0n) is 34.4. The molecule has 0 saturated carbocycles. The molecule has 312 valence electrons. The monoisotopic (exact) mass is 778 g/mol. The number of ether oxygens (including phenoxy) is 1. The average Bonchev–Trinajstić information content (AvgIpc) is 3.17. The number of carboxylic acids is 1. The van der Waals surface area contributed by atoms with Crippen LogP contribution in [0.25, 0.3) is 0 Å². The smallest absolute Gasteiger partial charge is 0.335 e. The molecular weight excluding hydrogens is 699 g/mol. The first-order valence-corrected chi connectivity index (χ1v) is 23.2. The highest BCUT2D eigenvalue weighted by Crippen LogP contribution is 2.31. The van der Waals surface area contributed by atoms with Crippen molar-refractivity contribution in [2.75, 3.05) is 6.54 Å². The van der Waals surface area contributed by atoms with Gasteiger partial charge in [-0.25, -0.2) is 4.79 Å². The van der Waals surface area contributed by atoms with Crippen LogP contribution in [0.1, 0.15) is 214 Å². The Morgan fingerprint density at radius 2 is 1.06 bits per heavy atom. The fraction of sp³-hybridized carbons (Fsp3) is 0.822. The molecule has 0 unspecified atom stereocenters. The fourth-order valence-corrected chi connectivity index (χ4v) is 8.73. The predicted octanol–water partition coefficient (Wildman–Crippen LogP) is 11.0. The van der Waals surface area contributed by atoms with E-state index in [4.69, 9.17) is 4.74 Å². The molecule has 1 heterocycles. The Labute approximate surface area is 333 Å². The minimum atomic E-state index is -1.34. The molecule has 9 heteroatoms. The van der Waals surface area contributed by atoms with Crippen molar-refractivity contribution in [3.63, 3.8) is 0 Å². The maximum Gasteiger partial charge on any atom is 0.335 e. The van der Waals surface area contributed by atoms with E-state index in [1.807, 2.05) is 0 Å². The van der Waals surface area contributed by atoms with E-state index in [1.165, 1.54) is 178 Å². The molecule has 1 aromatic carbocycles. The summed E-state index contributed by atoms with van der Waals surface area (Å²) < 4.78 is 5.70. The Balaban J connectivity index is 1.86. The second-order valence-electron chi connectivity index (χ2n) is 16.1. The van der Waals surface area contributed by atoms with Crippen LogP contribution in [0.4, 0.5) is 0 Å². The number of aromatic carboxylic acids is 1. The van der Waals surface area contributed by atoms with Gasteiger partial charge in [-0.05, 0) is 49.4 Å². The summed E-state index contributed by atoms with van der Waals surface area (Å²) in [5.41, 5.74) is 0.134. The quantitative estimate of drug-likeness (QED) is 0.0445. The molecular formula is C45H79NO7S. The second kappa shape index (κ2) is 30.5. The zero-order valence-corrected chi connectivity index (χ0v) is 35.2. The van der Waals surface area contributed by atoms with Crippen LogP contribution in [0.5, 0.6) is 0 Å². The summed E-state index contributed by atoms with van der Waals surface area (Å²) in [7, 11) is 0. The van der Waals surface area contributed by atoms with Gasteiger partial charge in [0.2, 0.25) is 0 Å². The lowest BCUT2D eigenvalue weighted by molar-refractivity contribution is -0.192. The number of thioether (sulfide) groups is 1. The molecule has 1 saturated heterocycles. The van der Waals surface area contributed by atoms with Crippen LogP contribution < -0.4 is 5.32 Å². The Hall–Kier alpha value is -1.65. The normalized spacial score (nSPS) is 20.1. The summed E-state index contributed by atoms with van der Waals surface area (Å²) >= 11 is 1.20. The molecule has 5 atom stereocenters. The van der Waals surface area contributed by atoms with Gasteiger partial charge in [-0.1, -0.05) is 168 Å². The summed E-state index contributed by atoms with van der Waals surface area (Å²) in [5.74, 6) is -0.737. The van der Waals surface area contributed by atoms with Gasteiger partial charge in [-0.3, -0.25) is 4.79 Å². The zero-order chi connectivity index (χ0) is 39.4. The van der Waals surface area contributed by atoms with Crippen molar-refractivity contribution in [2.45, 2.75) is 223 Å². The number of unbranched alkanes of at least 4 members (excludes halogenated alkanes) is 22. The van der Waals surface area contributed by atoms with Crippen molar-refractivity contribution in [1.29, 1.82) is 0 Å². The van der Waals surface area contributed by atoms with E-state index in [0.29, 0.717) is 23.6 Å². The van der Waals surface area contributed by atoms with Gasteiger partial charge in [0.1, 0.15) is 23.7 Å². The summed E-state index contributed by atoms with van der Waals surface area (Å²) in [4.78, 5) is 25.5. The Morgan fingerprint density at radius 1 is 0.630 bits per heavy atom. The van der Waals surface area contributed by atoms with E-state index in [-0.39, 0.29) is 17.2 Å². The minimum Gasteiger partial charge on any atom is -0.478 e. The van der Waals surface area contributed by atoms with Crippen molar-refractivity contribution in [3.05, 3.63) is 34.9 Å². The second-order valence-corrected chi connectivity index (χ2v) is 17.2. The number of aliphatic hydroxyl groups is 3. The largest absolute Gasteiger partial charge is 0.478 e. The van der Waals surface area contributed by atoms with E-state index >= 15 is 0 Å². The maximum absolute atomic E-state index is 13.5. The van der Waals surface area contributed by atoms with Crippen molar-refractivity contribution < 1.29 is 34.8 Å². The maximum atomic E-state index is 13.5. The Morgan fingerprint density at radius 3 is 1.50 bits per heavy atom. The van der Waals surface area contributed by atoms with Crippen molar-refractivity contribution >= 4 is 23.6 Å². The van der Waals surface area contributed by atoms with Crippen LogP contribution in [0.3, 0.4) is 0 Å². The third-order valence-electron chi connectivity index (χ3n) is 11.2. The lowest BCUT2D eigenvalue weighted by Crippen LogP contribution is -2.55. The van der Waals surface area contributed by atoms with Crippen LogP contribution >= 0.6 is 11.8 Å². The number of hydrogen-bond acceptors (Lipinski definition) is 7. The number of rotatable bonds is 33. The Kier molecular flexibility index (Phi) is 27.4. The lowest BCUT2D eigenvalue weighted by atomic mass is 9.93. The molecule has 0 radical (unpaired) electrons. The summed E-state index contributed by atoms with van der Waals surface area (Å²) in [6.07, 6.45) is 29.4. The van der Waals surface area contributed by atoms with Gasteiger partial charge in [-0.15, -0.1) is 11.8 Å². The van der Waals surface area contributed by atoms with Crippen LogP contribution in [0, 0.1) is 5.92 Å². The van der Waals surface area contributed by atoms with Gasteiger partial charge in [-0.2, -0.15) is 0 Å². The molecule has 1 aliphatic heterocycles. The highest BCUT2D eigenvalue weighted by molar-refractivity contribution is 7.99. The predicted molar refractivity (Wildman–Crippen MR) is 224 cm³/mol. The first-order chi connectivity index (χ1) is 26.2. The molecule has 0 aliphatic carbocycles. The molecule has 0 spiro atoms. The van der Waals surface area contributed by atoms with E-state index in [2.05, 4.69) is 19.2 Å². The van der Waals surface area contributed by atoms with Gasteiger partial charge in [0.15, 0.2) is 0 Å². The van der Waals surface area contributed by atoms with Gasteiger partial charge >= 0.3 is 5.97 Å². The van der Waals surface area contributed by atoms with Gasteiger partial charge < -0.3 is 30.5 Å². The van der Waals surface area contributed by atoms with E-state index in [9.17, 15) is 30.0 Å². The van der Waals surface area contributed by atoms with Crippen molar-refractivity contribution in [1.82, 2.24) is 5.32 Å². The van der Waals surface area contributed by atoms with Crippen LogP contribution in [-0.2, 0) is 10.5 Å². The molecule has 1 aliphatic rings. The van der Waals surface area contributed by atoms with Gasteiger partial charge in [0.05, 0.1) is 11.7 Å². The summed E-state index contributed by atoms with van der Waals surface area (Å²) in [5, 5.41) is 43.6. The number of carbonyl (C=O) groups is 2. The average molecular weight is 778 g/mol. The molecule has 1 amide bonds. The number of carboxylic acid groups (broad SMARTS) is 1. The lowest BCUT2D eigenvalue weighted by Gasteiger charge is -2.39. The fourth-order valence-electron chi connectivity index (χ4n) is 7.59. The summed E-state index contributed by atoms with van der Waals surface area (Å²) in [6.45, 7) is 6.74. The van der Waals surface area contributed by atoms with E-state index in [0.717, 1.165) is 12.8 Å². The Bertz CT molecular complexity index is 1090. The molecule has 0 bridgehead atoms. The molecule has 0 aromatic heterocycles. The number of nitrogens with one attached hydrogen (secondary N) is 1. The van der Waals surface area contributed by atoms with Crippen LogP contribution in [0.2, 0.25) is 0 Å². The minimum absolute atomic E-state index is 0.0247.